The summed E-state index contributed by atoms with van der Waals surface area (Å²) in [4.78, 5) is 25.3. The molecule has 1 saturated heterocycles. The SMILES string of the molecule is COc1ccc(CCN2C(=O)/C(=C\c3ccc(-c4ccc([N+](=O)[O-])cc4Cl)o3)SC2=S)cc1. The number of hydrogen-bond acceptors (Lipinski definition) is 7. The monoisotopic (exact) mass is 500 g/mol. The van der Waals surface area contributed by atoms with Gasteiger partial charge < -0.3 is 9.15 Å². The normalized spacial score (nSPS) is 14.8. The number of carbonyl (C=O) groups is 1. The number of carbonyl (C=O) groups excluding carboxylic acids is 1. The molecule has 0 radical (unpaired) electrons. The number of rotatable bonds is 7. The van der Waals surface area contributed by atoms with Gasteiger partial charge in [0.05, 0.1) is 22.0 Å². The third-order valence-electron chi connectivity index (χ3n) is 4.99. The minimum Gasteiger partial charge on any atom is -0.497 e. The van der Waals surface area contributed by atoms with Crippen LogP contribution in [-0.4, -0.2) is 33.7 Å². The van der Waals surface area contributed by atoms with Gasteiger partial charge in [0.15, 0.2) is 0 Å². The number of thioether (sulfide) groups is 1. The molecule has 1 fully saturated rings. The molecule has 0 spiro atoms. The fourth-order valence-corrected chi connectivity index (χ4v) is 4.80. The number of nitro benzene ring substituents is 1. The highest BCUT2D eigenvalue weighted by Gasteiger charge is 2.32. The lowest BCUT2D eigenvalue weighted by Gasteiger charge is -2.14. The van der Waals surface area contributed by atoms with Gasteiger partial charge in [0.2, 0.25) is 0 Å². The summed E-state index contributed by atoms with van der Waals surface area (Å²) in [6.45, 7) is 0.468. The fourth-order valence-electron chi connectivity index (χ4n) is 3.25. The molecule has 0 unspecified atom stereocenters. The van der Waals surface area contributed by atoms with Crippen LogP contribution >= 0.6 is 35.6 Å². The number of non-ortho nitro benzene ring substituents is 1. The second-order valence-electron chi connectivity index (χ2n) is 7.05. The predicted octanol–water partition coefficient (Wildman–Crippen LogP) is 5.96. The van der Waals surface area contributed by atoms with E-state index < -0.39 is 4.92 Å². The number of halogens is 1. The first-order valence-electron chi connectivity index (χ1n) is 9.78. The van der Waals surface area contributed by atoms with Gasteiger partial charge in [-0.05, 0) is 42.3 Å². The Morgan fingerprint density at radius 3 is 2.64 bits per heavy atom. The molecule has 10 heteroatoms. The summed E-state index contributed by atoms with van der Waals surface area (Å²) < 4.78 is 11.5. The molecule has 1 aliphatic heterocycles. The first-order valence-corrected chi connectivity index (χ1v) is 11.4. The van der Waals surface area contributed by atoms with Crippen LogP contribution in [0.1, 0.15) is 11.3 Å². The Morgan fingerprint density at radius 2 is 1.97 bits per heavy atom. The van der Waals surface area contributed by atoms with E-state index in [0.717, 1.165) is 11.3 Å². The van der Waals surface area contributed by atoms with Crippen LogP contribution in [0.4, 0.5) is 5.69 Å². The van der Waals surface area contributed by atoms with Gasteiger partial charge in [0.25, 0.3) is 11.6 Å². The fraction of sp³-hybridized carbons (Fsp3) is 0.130. The zero-order valence-electron chi connectivity index (χ0n) is 17.3. The summed E-state index contributed by atoms with van der Waals surface area (Å²) in [6.07, 6.45) is 2.29. The van der Waals surface area contributed by atoms with Crippen molar-refractivity contribution in [2.24, 2.45) is 0 Å². The molecule has 3 aromatic rings. The van der Waals surface area contributed by atoms with Crippen LogP contribution in [0.2, 0.25) is 5.02 Å². The number of ether oxygens (including phenoxy) is 1. The van der Waals surface area contributed by atoms with Gasteiger partial charge in [0.1, 0.15) is 21.6 Å². The molecule has 1 aliphatic rings. The lowest BCUT2D eigenvalue weighted by Crippen LogP contribution is -2.30. The smallest absolute Gasteiger partial charge is 0.270 e. The summed E-state index contributed by atoms with van der Waals surface area (Å²) in [6, 6.07) is 15.2. The second-order valence-corrected chi connectivity index (χ2v) is 9.14. The molecule has 2 heterocycles. The standard InChI is InChI=1S/C23H17ClN2O5S2/c1-30-16-5-2-14(3-6-16)10-11-25-22(27)21(33-23(25)32)13-17-7-9-20(31-17)18-8-4-15(26(28)29)12-19(18)24/h2-9,12-13H,10-11H2,1H3/b21-13+. The van der Waals surface area contributed by atoms with E-state index in [1.165, 1.54) is 30.0 Å². The molecule has 0 bridgehead atoms. The summed E-state index contributed by atoms with van der Waals surface area (Å²) >= 11 is 12.8. The number of hydrogen-bond donors (Lipinski definition) is 0. The number of benzene rings is 2. The summed E-state index contributed by atoms with van der Waals surface area (Å²) in [5.74, 6) is 1.50. The molecular formula is C23H17ClN2O5S2. The molecule has 0 N–H and O–H groups in total. The Kier molecular flexibility index (Phi) is 6.83. The maximum atomic E-state index is 12.9. The average Bonchev–Trinajstić information content (AvgIpc) is 3.37. The zero-order valence-corrected chi connectivity index (χ0v) is 19.7. The van der Waals surface area contributed by atoms with Gasteiger partial charge in [0, 0.05) is 30.3 Å². The van der Waals surface area contributed by atoms with E-state index in [1.807, 2.05) is 24.3 Å². The summed E-state index contributed by atoms with van der Waals surface area (Å²) in [5.41, 5.74) is 1.49. The molecule has 0 saturated carbocycles. The van der Waals surface area contributed by atoms with E-state index in [9.17, 15) is 14.9 Å². The van der Waals surface area contributed by atoms with Crippen molar-refractivity contribution in [3.05, 3.63) is 86.0 Å². The van der Waals surface area contributed by atoms with Crippen LogP contribution in [0.5, 0.6) is 5.75 Å². The van der Waals surface area contributed by atoms with Crippen molar-refractivity contribution < 1.29 is 18.9 Å². The van der Waals surface area contributed by atoms with Crippen molar-refractivity contribution in [2.75, 3.05) is 13.7 Å². The number of nitrogens with zero attached hydrogens (tertiary/aromatic N) is 2. The van der Waals surface area contributed by atoms with Crippen molar-refractivity contribution in [3.8, 4) is 17.1 Å². The summed E-state index contributed by atoms with van der Waals surface area (Å²) in [5, 5.41) is 11.1. The Balaban J connectivity index is 1.46. The van der Waals surface area contributed by atoms with Crippen LogP contribution in [0, 0.1) is 10.1 Å². The van der Waals surface area contributed by atoms with E-state index in [-0.39, 0.29) is 16.6 Å². The van der Waals surface area contributed by atoms with Crippen LogP contribution in [0.15, 0.2) is 63.9 Å². The Morgan fingerprint density at radius 1 is 1.21 bits per heavy atom. The molecule has 4 rings (SSSR count). The van der Waals surface area contributed by atoms with E-state index in [0.29, 0.717) is 39.3 Å². The van der Waals surface area contributed by atoms with E-state index in [2.05, 4.69) is 0 Å². The topological polar surface area (TPSA) is 85.8 Å². The van der Waals surface area contributed by atoms with Gasteiger partial charge in [-0.1, -0.05) is 47.7 Å². The highest BCUT2D eigenvalue weighted by Crippen LogP contribution is 2.35. The maximum absolute atomic E-state index is 12.9. The van der Waals surface area contributed by atoms with Gasteiger partial charge in [-0.25, -0.2) is 0 Å². The molecule has 168 valence electrons. The minimum atomic E-state index is -0.514. The van der Waals surface area contributed by atoms with Crippen molar-refractivity contribution in [3.63, 3.8) is 0 Å². The lowest BCUT2D eigenvalue weighted by molar-refractivity contribution is -0.384. The van der Waals surface area contributed by atoms with Gasteiger partial charge in [-0.2, -0.15) is 0 Å². The van der Waals surface area contributed by atoms with Gasteiger partial charge >= 0.3 is 0 Å². The number of methoxy groups -OCH3 is 1. The second kappa shape index (κ2) is 9.78. The molecule has 7 nitrogen and oxygen atoms in total. The van der Waals surface area contributed by atoms with Crippen molar-refractivity contribution >= 4 is 57.6 Å². The van der Waals surface area contributed by atoms with Crippen LogP contribution < -0.4 is 4.74 Å². The molecular weight excluding hydrogens is 484 g/mol. The summed E-state index contributed by atoms with van der Waals surface area (Å²) in [7, 11) is 1.62. The van der Waals surface area contributed by atoms with Crippen molar-refractivity contribution in [1.29, 1.82) is 0 Å². The van der Waals surface area contributed by atoms with E-state index in [4.69, 9.17) is 33.0 Å². The molecule has 0 aliphatic carbocycles. The molecule has 2 aromatic carbocycles. The molecule has 1 aromatic heterocycles. The quantitative estimate of drug-likeness (QED) is 0.171. The highest BCUT2D eigenvalue weighted by molar-refractivity contribution is 8.26. The number of nitro groups is 1. The highest BCUT2D eigenvalue weighted by atomic mass is 35.5. The zero-order chi connectivity index (χ0) is 23.5. The number of thiocarbonyl (C=S) groups is 1. The van der Waals surface area contributed by atoms with Crippen LogP contribution in [-0.2, 0) is 11.2 Å². The number of amides is 1. The average molecular weight is 501 g/mol. The van der Waals surface area contributed by atoms with Crippen LogP contribution in [0.3, 0.4) is 0 Å². The first kappa shape index (κ1) is 23.0. The van der Waals surface area contributed by atoms with Crippen molar-refractivity contribution in [2.45, 2.75) is 6.42 Å². The van der Waals surface area contributed by atoms with Crippen molar-refractivity contribution in [1.82, 2.24) is 4.90 Å². The first-order chi connectivity index (χ1) is 15.9. The maximum Gasteiger partial charge on any atom is 0.270 e. The van der Waals surface area contributed by atoms with E-state index >= 15 is 0 Å². The van der Waals surface area contributed by atoms with Gasteiger partial charge in [-0.15, -0.1) is 0 Å². The predicted molar refractivity (Wildman–Crippen MR) is 132 cm³/mol. The molecule has 1 amide bonds. The Hall–Kier alpha value is -3.14. The van der Waals surface area contributed by atoms with Crippen LogP contribution in [0.25, 0.3) is 17.4 Å². The Bertz CT molecular complexity index is 1270. The number of furan rings is 1. The Labute approximate surface area is 204 Å². The largest absolute Gasteiger partial charge is 0.497 e. The third kappa shape index (κ3) is 5.11. The lowest BCUT2D eigenvalue weighted by atomic mass is 10.1. The molecule has 0 atom stereocenters. The van der Waals surface area contributed by atoms with E-state index in [1.54, 1.807) is 30.2 Å². The molecule has 33 heavy (non-hydrogen) atoms. The third-order valence-corrected chi connectivity index (χ3v) is 6.68. The van der Waals surface area contributed by atoms with Gasteiger partial charge in [-0.3, -0.25) is 19.8 Å². The minimum absolute atomic E-state index is 0.103.